The molecule has 0 fully saturated rings. The van der Waals surface area contributed by atoms with Crippen LogP contribution < -0.4 is 4.90 Å². The molecule has 0 spiro atoms. The number of amides is 1. The highest BCUT2D eigenvalue weighted by Gasteiger charge is 2.41. The Morgan fingerprint density at radius 3 is 2.55 bits per heavy atom. The Hall–Kier alpha value is -3.81. The summed E-state index contributed by atoms with van der Waals surface area (Å²) in [5.74, 6) is 0.513. The van der Waals surface area contributed by atoms with Crippen LogP contribution in [0.5, 0.6) is 0 Å². The van der Waals surface area contributed by atoms with Gasteiger partial charge in [0.1, 0.15) is 5.76 Å². The lowest BCUT2D eigenvalue weighted by Gasteiger charge is -2.18. The van der Waals surface area contributed by atoms with E-state index in [4.69, 9.17) is 4.42 Å². The summed E-state index contributed by atoms with van der Waals surface area (Å²) in [6.07, 6.45) is -1.67. The maximum absolute atomic E-state index is 13.7. The van der Waals surface area contributed by atoms with E-state index < -0.39 is 11.9 Å². The van der Waals surface area contributed by atoms with Gasteiger partial charge in [-0.15, -0.1) is 0 Å². The number of rotatable bonds is 2. The molecule has 1 amide bonds. The highest BCUT2D eigenvalue weighted by Crippen LogP contribution is 2.42. The fourth-order valence-corrected chi connectivity index (χ4v) is 4.81. The highest BCUT2D eigenvalue weighted by atomic mass is 19.4. The van der Waals surface area contributed by atoms with E-state index in [9.17, 15) is 18.0 Å². The molecule has 4 aromatic rings. The molecule has 0 saturated heterocycles. The first kappa shape index (κ1) is 19.8. The Kier molecular flexibility index (Phi) is 4.27. The van der Waals surface area contributed by atoms with Gasteiger partial charge >= 0.3 is 6.18 Å². The Labute approximate surface area is 187 Å². The lowest BCUT2D eigenvalue weighted by Crippen LogP contribution is -2.28. The molecule has 2 aliphatic rings. The fraction of sp³-hybridized carbons (Fsp3) is 0.200. The Morgan fingerprint density at radius 2 is 1.76 bits per heavy atom. The van der Waals surface area contributed by atoms with Crippen molar-refractivity contribution in [2.75, 3.05) is 11.4 Å². The van der Waals surface area contributed by atoms with E-state index in [-0.39, 0.29) is 17.9 Å². The van der Waals surface area contributed by atoms with Gasteiger partial charge in [0, 0.05) is 35.3 Å². The van der Waals surface area contributed by atoms with E-state index in [1.807, 2.05) is 24.3 Å². The zero-order valence-corrected chi connectivity index (χ0v) is 17.4. The molecule has 1 aliphatic carbocycles. The van der Waals surface area contributed by atoms with Gasteiger partial charge in [-0.2, -0.15) is 18.3 Å². The average molecular weight is 449 g/mol. The smallest absolute Gasteiger partial charge is 0.435 e. The van der Waals surface area contributed by atoms with Crippen molar-refractivity contribution in [3.05, 3.63) is 89.0 Å². The molecule has 0 atom stereocenters. The quantitative estimate of drug-likeness (QED) is 0.409. The number of furan rings is 1. The van der Waals surface area contributed by atoms with E-state index in [0.717, 1.165) is 17.7 Å². The van der Waals surface area contributed by atoms with Crippen LogP contribution in [0.25, 0.3) is 16.9 Å². The predicted octanol–water partition coefficient (Wildman–Crippen LogP) is 5.45. The predicted molar refractivity (Wildman–Crippen MR) is 115 cm³/mol. The molecule has 3 heterocycles. The third-order valence-corrected chi connectivity index (χ3v) is 6.35. The van der Waals surface area contributed by atoms with Crippen molar-refractivity contribution in [1.82, 2.24) is 9.78 Å². The summed E-state index contributed by atoms with van der Waals surface area (Å²) in [6, 6.07) is 16.0. The van der Waals surface area contributed by atoms with Gasteiger partial charge in [-0.3, -0.25) is 4.79 Å². The number of hydrogen-bond acceptors (Lipinski definition) is 3. The van der Waals surface area contributed by atoms with Gasteiger partial charge in [-0.25, -0.2) is 4.68 Å². The number of benzene rings is 2. The monoisotopic (exact) mass is 449 g/mol. The minimum absolute atomic E-state index is 0.137. The largest absolute Gasteiger partial charge is 0.469 e. The molecule has 0 bridgehead atoms. The van der Waals surface area contributed by atoms with Gasteiger partial charge < -0.3 is 9.32 Å². The van der Waals surface area contributed by atoms with Crippen LogP contribution in [0.1, 0.15) is 32.9 Å². The number of carbonyl (C=O) groups is 1. The van der Waals surface area contributed by atoms with Crippen molar-refractivity contribution in [2.24, 2.45) is 0 Å². The van der Waals surface area contributed by atoms with Gasteiger partial charge in [-0.1, -0.05) is 18.2 Å². The Balaban J connectivity index is 1.39. The normalized spacial score (nSPS) is 14.7. The van der Waals surface area contributed by atoms with Gasteiger partial charge in [-0.05, 0) is 54.8 Å². The molecule has 5 nitrogen and oxygen atoms in total. The lowest BCUT2D eigenvalue weighted by molar-refractivity contribution is -0.142. The zero-order chi connectivity index (χ0) is 22.7. The van der Waals surface area contributed by atoms with Crippen molar-refractivity contribution in [1.29, 1.82) is 0 Å². The van der Waals surface area contributed by atoms with E-state index in [1.54, 1.807) is 35.2 Å². The van der Waals surface area contributed by atoms with Crippen LogP contribution in [0, 0.1) is 0 Å². The summed E-state index contributed by atoms with van der Waals surface area (Å²) in [4.78, 5) is 14.8. The number of para-hydroxylation sites is 1. The molecule has 6 rings (SSSR count). The molecule has 166 valence electrons. The number of fused-ring (bicyclic) bond motifs is 4. The number of alkyl halides is 3. The van der Waals surface area contributed by atoms with Crippen LogP contribution in [0.2, 0.25) is 0 Å². The molecule has 33 heavy (non-hydrogen) atoms. The van der Waals surface area contributed by atoms with Crippen LogP contribution in [0.15, 0.2) is 65.3 Å². The van der Waals surface area contributed by atoms with Gasteiger partial charge in [0.25, 0.3) is 5.91 Å². The Morgan fingerprint density at radius 1 is 0.970 bits per heavy atom. The van der Waals surface area contributed by atoms with Crippen LogP contribution in [0.4, 0.5) is 18.9 Å². The second kappa shape index (κ2) is 7.10. The number of carbonyl (C=O) groups excluding carboxylic acids is 1. The summed E-state index contributed by atoms with van der Waals surface area (Å²) in [7, 11) is 0. The minimum atomic E-state index is -4.56. The highest BCUT2D eigenvalue weighted by molar-refractivity contribution is 6.07. The number of anilines is 1. The molecule has 1 aliphatic heterocycles. The van der Waals surface area contributed by atoms with Crippen LogP contribution in [-0.4, -0.2) is 22.2 Å². The van der Waals surface area contributed by atoms with E-state index in [2.05, 4.69) is 5.10 Å². The molecule has 2 aromatic heterocycles. The molecule has 0 unspecified atom stereocenters. The van der Waals surface area contributed by atoms with Crippen LogP contribution in [0.3, 0.4) is 0 Å². The van der Waals surface area contributed by atoms with Crippen molar-refractivity contribution in [2.45, 2.75) is 25.4 Å². The number of aryl methyl sites for hydroxylation is 1. The first-order chi connectivity index (χ1) is 15.9. The summed E-state index contributed by atoms with van der Waals surface area (Å²) in [5.41, 5.74) is 3.25. The fourth-order valence-electron chi connectivity index (χ4n) is 4.81. The Bertz CT molecular complexity index is 1380. The van der Waals surface area contributed by atoms with Crippen LogP contribution in [-0.2, 0) is 25.4 Å². The molecule has 0 radical (unpaired) electrons. The second-order valence-corrected chi connectivity index (χ2v) is 8.23. The van der Waals surface area contributed by atoms with Crippen molar-refractivity contribution < 1.29 is 22.4 Å². The molecule has 2 aromatic carbocycles. The third-order valence-electron chi connectivity index (χ3n) is 6.35. The molecule has 0 N–H and O–H groups in total. The topological polar surface area (TPSA) is 51.3 Å². The summed E-state index contributed by atoms with van der Waals surface area (Å²) >= 11 is 0. The first-order valence-electron chi connectivity index (χ1n) is 10.7. The maximum Gasteiger partial charge on any atom is 0.435 e. The number of hydrogen-bond donors (Lipinski definition) is 0. The molecule has 8 heteroatoms. The maximum atomic E-state index is 13.7. The molecular formula is C25H18F3N3O2. The average Bonchev–Trinajstić information content (AvgIpc) is 3.54. The number of nitrogens with zero attached hydrogens (tertiary/aromatic N) is 3. The first-order valence-corrected chi connectivity index (χ1v) is 10.7. The van der Waals surface area contributed by atoms with Crippen molar-refractivity contribution in [3.8, 4) is 16.9 Å². The summed E-state index contributed by atoms with van der Waals surface area (Å²) in [5, 5.41) is 3.95. The van der Waals surface area contributed by atoms with E-state index >= 15 is 0 Å². The van der Waals surface area contributed by atoms with E-state index in [1.165, 1.54) is 10.9 Å². The second-order valence-electron chi connectivity index (χ2n) is 8.23. The lowest BCUT2D eigenvalue weighted by atomic mass is 9.94. The number of aromatic nitrogens is 2. The van der Waals surface area contributed by atoms with Crippen molar-refractivity contribution in [3.63, 3.8) is 0 Å². The van der Waals surface area contributed by atoms with Crippen molar-refractivity contribution >= 4 is 11.6 Å². The van der Waals surface area contributed by atoms with Gasteiger partial charge in [0.2, 0.25) is 0 Å². The molecule has 0 saturated carbocycles. The SMILES string of the molecule is O=C(c1ccc(-n2nc(C(F)(F)F)c3c2-c2ccoc2CC3)cc1)N1CCc2ccccc21. The van der Waals surface area contributed by atoms with Gasteiger partial charge in [0.05, 0.1) is 17.6 Å². The third kappa shape index (κ3) is 3.08. The zero-order valence-electron chi connectivity index (χ0n) is 17.4. The summed E-state index contributed by atoms with van der Waals surface area (Å²) < 4.78 is 47.9. The summed E-state index contributed by atoms with van der Waals surface area (Å²) in [6.45, 7) is 0.602. The number of halogens is 3. The van der Waals surface area contributed by atoms with Crippen LogP contribution >= 0.6 is 0 Å². The van der Waals surface area contributed by atoms with Gasteiger partial charge in [0.15, 0.2) is 5.69 Å². The minimum Gasteiger partial charge on any atom is -0.469 e. The molecular weight excluding hydrogens is 431 g/mol. The standard InChI is InChI=1S/C25H18F3N3O2/c26-25(27,28)23-19-9-10-21-18(12-14-33-21)22(19)31(29-23)17-7-5-16(6-8-17)24(32)30-13-11-15-3-1-2-4-20(15)30/h1-8,12,14H,9-11,13H2. The van der Waals surface area contributed by atoms with E-state index in [0.29, 0.717) is 41.2 Å².